The highest BCUT2D eigenvalue weighted by atomic mass is 16.5. The molecule has 0 unspecified atom stereocenters. The van der Waals surface area contributed by atoms with Gasteiger partial charge in [-0.2, -0.15) is 0 Å². The Morgan fingerprint density at radius 1 is 1.21 bits per heavy atom. The van der Waals surface area contributed by atoms with Crippen LogP contribution in [0.4, 0.5) is 0 Å². The second-order valence-electron chi connectivity index (χ2n) is 6.07. The van der Waals surface area contributed by atoms with E-state index < -0.39 is 0 Å². The van der Waals surface area contributed by atoms with E-state index in [0.717, 1.165) is 57.9 Å². The van der Waals surface area contributed by atoms with Crippen LogP contribution in [-0.4, -0.2) is 26.4 Å². The van der Waals surface area contributed by atoms with Crippen molar-refractivity contribution in [3.63, 3.8) is 0 Å². The maximum Gasteiger partial charge on any atom is 0.122 e. The predicted molar refractivity (Wildman–Crippen MR) is 75.5 cm³/mol. The number of fused-ring (bicyclic) bond motifs is 1. The smallest absolute Gasteiger partial charge is 0.122 e. The van der Waals surface area contributed by atoms with E-state index in [1.807, 2.05) is 0 Å². The van der Waals surface area contributed by atoms with Crippen molar-refractivity contribution < 1.29 is 9.47 Å². The Morgan fingerprint density at radius 2 is 2.05 bits per heavy atom. The molecule has 1 saturated heterocycles. The summed E-state index contributed by atoms with van der Waals surface area (Å²) in [4.78, 5) is 0. The molecule has 0 aromatic heterocycles. The first-order chi connectivity index (χ1) is 9.25. The highest BCUT2D eigenvalue weighted by Crippen LogP contribution is 2.29. The Balaban J connectivity index is 1.52. The Bertz CT molecular complexity index is 438. The average molecular weight is 261 g/mol. The molecular weight excluding hydrogens is 238 g/mol. The van der Waals surface area contributed by atoms with Gasteiger partial charge >= 0.3 is 0 Å². The third-order valence-electron chi connectivity index (χ3n) is 4.33. The first-order valence-corrected chi connectivity index (χ1v) is 7.28. The van der Waals surface area contributed by atoms with Gasteiger partial charge in [0.2, 0.25) is 0 Å². The molecule has 0 bridgehead atoms. The first kappa shape index (κ1) is 12.9. The minimum Gasteiger partial charge on any atom is -0.493 e. The van der Waals surface area contributed by atoms with Crippen LogP contribution in [0.15, 0.2) is 18.2 Å². The molecule has 19 heavy (non-hydrogen) atoms. The summed E-state index contributed by atoms with van der Waals surface area (Å²) in [7, 11) is 0. The zero-order valence-electron chi connectivity index (χ0n) is 11.7. The van der Waals surface area contributed by atoms with E-state index in [2.05, 4.69) is 30.4 Å². The molecule has 1 fully saturated rings. The van der Waals surface area contributed by atoms with Crippen LogP contribution in [0.5, 0.6) is 5.75 Å². The summed E-state index contributed by atoms with van der Waals surface area (Å²) >= 11 is 0. The van der Waals surface area contributed by atoms with Gasteiger partial charge < -0.3 is 14.8 Å². The highest BCUT2D eigenvalue weighted by molar-refractivity contribution is 5.39. The van der Waals surface area contributed by atoms with Crippen LogP contribution in [0.25, 0.3) is 0 Å². The van der Waals surface area contributed by atoms with Crippen molar-refractivity contribution >= 4 is 0 Å². The van der Waals surface area contributed by atoms with Crippen molar-refractivity contribution in [1.82, 2.24) is 5.32 Å². The number of ether oxygens (including phenoxy) is 2. The zero-order valence-corrected chi connectivity index (χ0v) is 11.7. The van der Waals surface area contributed by atoms with Gasteiger partial charge in [-0.3, -0.25) is 0 Å². The van der Waals surface area contributed by atoms with Gasteiger partial charge in [-0.1, -0.05) is 19.1 Å². The molecule has 3 rings (SSSR count). The third kappa shape index (κ3) is 3.10. The molecule has 0 spiro atoms. The van der Waals surface area contributed by atoms with Gasteiger partial charge in [-0.25, -0.2) is 0 Å². The van der Waals surface area contributed by atoms with E-state index in [9.17, 15) is 0 Å². The molecule has 1 N–H and O–H groups in total. The monoisotopic (exact) mass is 261 g/mol. The van der Waals surface area contributed by atoms with E-state index in [1.165, 1.54) is 11.1 Å². The summed E-state index contributed by atoms with van der Waals surface area (Å²) in [5.41, 5.74) is 3.12. The van der Waals surface area contributed by atoms with Crippen LogP contribution >= 0.6 is 0 Å². The van der Waals surface area contributed by atoms with Gasteiger partial charge in [-0.15, -0.1) is 0 Å². The fraction of sp³-hybridized carbons (Fsp3) is 0.625. The fourth-order valence-corrected chi connectivity index (χ4v) is 2.90. The molecule has 0 aliphatic carbocycles. The van der Waals surface area contributed by atoms with Crippen LogP contribution in [0, 0.1) is 5.41 Å². The number of hydrogen-bond donors (Lipinski definition) is 1. The van der Waals surface area contributed by atoms with Crippen molar-refractivity contribution in [2.75, 3.05) is 26.4 Å². The molecule has 2 heterocycles. The Labute approximate surface area is 115 Å². The molecule has 0 amide bonds. The van der Waals surface area contributed by atoms with E-state index in [1.54, 1.807) is 0 Å². The molecule has 2 aliphatic heterocycles. The van der Waals surface area contributed by atoms with Crippen molar-refractivity contribution in [1.29, 1.82) is 0 Å². The quantitative estimate of drug-likeness (QED) is 0.903. The summed E-state index contributed by atoms with van der Waals surface area (Å²) in [6.07, 6.45) is 3.38. The van der Waals surface area contributed by atoms with Gasteiger partial charge in [0.1, 0.15) is 5.75 Å². The minimum atomic E-state index is 0.401. The van der Waals surface area contributed by atoms with Gasteiger partial charge in [0, 0.05) is 32.7 Å². The molecule has 104 valence electrons. The number of nitrogens with one attached hydrogen (secondary N) is 1. The topological polar surface area (TPSA) is 30.5 Å². The maximum absolute atomic E-state index is 5.53. The summed E-state index contributed by atoms with van der Waals surface area (Å²) in [5, 5.41) is 3.61. The average Bonchev–Trinajstić information content (AvgIpc) is 2.87. The molecule has 0 saturated carbocycles. The Morgan fingerprint density at radius 3 is 2.89 bits per heavy atom. The predicted octanol–water partition coefficient (Wildman–Crippen LogP) is 2.53. The van der Waals surface area contributed by atoms with Crippen LogP contribution in [0.3, 0.4) is 0 Å². The van der Waals surface area contributed by atoms with Crippen LogP contribution in [-0.2, 0) is 17.7 Å². The lowest BCUT2D eigenvalue weighted by Gasteiger charge is -2.33. The molecule has 1 aromatic carbocycles. The van der Waals surface area contributed by atoms with Gasteiger partial charge in [0.05, 0.1) is 6.61 Å². The van der Waals surface area contributed by atoms with Crippen molar-refractivity contribution in [2.45, 2.75) is 32.7 Å². The lowest BCUT2D eigenvalue weighted by atomic mass is 9.82. The molecular formula is C16H23NO2. The van der Waals surface area contributed by atoms with E-state index in [0.29, 0.717) is 5.41 Å². The summed E-state index contributed by atoms with van der Waals surface area (Å²) in [6, 6.07) is 6.56. The number of rotatable bonds is 4. The van der Waals surface area contributed by atoms with E-state index >= 15 is 0 Å². The zero-order chi connectivity index (χ0) is 13.1. The third-order valence-corrected chi connectivity index (χ3v) is 4.33. The standard InChI is InChI=1S/C16H23NO2/c1-16(5-8-18-9-6-16)12-17-11-13-2-3-15-14(10-13)4-7-19-15/h2-3,10,17H,4-9,11-12H2,1H3. The lowest BCUT2D eigenvalue weighted by molar-refractivity contribution is 0.0240. The highest BCUT2D eigenvalue weighted by Gasteiger charge is 2.26. The fourth-order valence-electron chi connectivity index (χ4n) is 2.90. The second kappa shape index (κ2) is 5.51. The van der Waals surface area contributed by atoms with Gasteiger partial charge in [0.25, 0.3) is 0 Å². The SMILES string of the molecule is CC1(CNCc2ccc3c(c2)CCO3)CCOCC1. The minimum absolute atomic E-state index is 0.401. The normalized spacial score (nSPS) is 20.9. The summed E-state index contributed by atoms with van der Waals surface area (Å²) in [6.45, 7) is 7.04. The lowest BCUT2D eigenvalue weighted by Crippen LogP contribution is -2.36. The molecule has 3 heteroatoms. The second-order valence-corrected chi connectivity index (χ2v) is 6.07. The van der Waals surface area contributed by atoms with Crippen LogP contribution < -0.4 is 10.1 Å². The largest absolute Gasteiger partial charge is 0.493 e. The van der Waals surface area contributed by atoms with Crippen LogP contribution in [0.1, 0.15) is 30.9 Å². The van der Waals surface area contributed by atoms with E-state index in [-0.39, 0.29) is 0 Å². The van der Waals surface area contributed by atoms with Crippen molar-refractivity contribution in [3.05, 3.63) is 29.3 Å². The molecule has 1 aromatic rings. The Hall–Kier alpha value is -1.06. The van der Waals surface area contributed by atoms with Crippen LogP contribution in [0.2, 0.25) is 0 Å². The Kier molecular flexibility index (Phi) is 3.76. The molecule has 0 atom stereocenters. The summed E-state index contributed by atoms with van der Waals surface area (Å²) < 4.78 is 11.0. The van der Waals surface area contributed by atoms with Gasteiger partial charge in [-0.05, 0) is 35.4 Å². The maximum atomic E-state index is 5.53. The molecule has 2 aliphatic rings. The number of hydrogen-bond acceptors (Lipinski definition) is 3. The summed E-state index contributed by atoms with van der Waals surface area (Å²) in [5.74, 6) is 1.07. The van der Waals surface area contributed by atoms with Crippen molar-refractivity contribution in [2.24, 2.45) is 5.41 Å². The molecule has 3 nitrogen and oxygen atoms in total. The van der Waals surface area contributed by atoms with E-state index in [4.69, 9.17) is 9.47 Å². The molecule has 0 radical (unpaired) electrons. The van der Waals surface area contributed by atoms with Crippen molar-refractivity contribution in [3.8, 4) is 5.75 Å². The number of benzene rings is 1. The van der Waals surface area contributed by atoms with Gasteiger partial charge in [0.15, 0.2) is 0 Å². The first-order valence-electron chi connectivity index (χ1n) is 7.28.